The second-order valence-corrected chi connectivity index (χ2v) is 6.04. The van der Waals surface area contributed by atoms with Gasteiger partial charge in [-0.15, -0.1) is 12.4 Å². The molecule has 0 saturated heterocycles. The Bertz CT molecular complexity index is 525. The normalized spacial score (nSPS) is 12.3. The van der Waals surface area contributed by atoms with Gasteiger partial charge in [0.2, 0.25) is 15.9 Å². The highest BCUT2D eigenvalue weighted by atomic mass is 35.5. The summed E-state index contributed by atoms with van der Waals surface area (Å²) in [5, 5.41) is 2.58. The van der Waals surface area contributed by atoms with Crippen LogP contribution < -0.4 is 15.8 Å². The van der Waals surface area contributed by atoms with Crippen LogP contribution in [0.25, 0.3) is 0 Å². The quantitative estimate of drug-likeness (QED) is 0.579. The molecule has 0 spiro atoms. The molecular weight excluding hydrogens is 316 g/mol. The molecule has 1 atom stereocenters. The Hall–Kier alpha value is -1.22. The predicted octanol–water partition coefficient (Wildman–Crippen LogP) is 0.0253. The first-order valence-electron chi connectivity index (χ1n) is 6.40. The zero-order chi connectivity index (χ0) is 15.0. The maximum atomic E-state index is 11.8. The lowest BCUT2D eigenvalue weighted by molar-refractivity contribution is -0.122. The Labute approximate surface area is 131 Å². The molecule has 1 rings (SSSR count). The molecule has 7 nitrogen and oxygen atoms in total. The molecule has 1 aromatic rings. The largest absolute Gasteiger partial charge is 0.353 e. The summed E-state index contributed by atoms with van der Waals surface area (Å²) in [4.78, 5) is 15.3. The molecule has 0 fully saturated rings. The van der Waals surface area contributed by atoms with E-state index in [0.717, 1.165) is 6.42 Å². The van der Waals surface area contributed by atoms with Crippen LogP contribution in [0.15, 0.2) is 29.4 Å². The molecule has 9 heteroatoms. The Balaban J connectivity index is 0.00000400. The highest BCUT2D eigenvalue weighted by Crippen LogP contribution is 2.04. The molecule has 0 aliphatic carbocycles. The highest BCUT2D eigenvalue weighted by molar-refractivity contribution is 7.89. The fraction of sp³-hybridized carbons (Fsp3) is 0.500. The third-order valence-corrected chi connectivity index (χ3v) is 4.04. The molecule has 1 heterocycles. The average molecular weight is 337 g/mol. The molecule has 0 aliphatic heterocycles. The van der Waals surface area contributed by atoms with Crippen molar-refractivity contribution in [3.8, 4) is 0 Å². The molecule has 0 bridgehead atoms. The monoisotopic (exact) mass is 336 g/mol. The summed E-state index contributed by atoms with van der Waals surface area (Å²) in [6.07, 6.45) is 4.18. The predicted molar refractivity (Wildman–Crippen MR) is 82.6 cm³/mol. The van der Waals surface area contributed by atoms with Crippen molar-refractivity contribution in [2.24, 2.45) is 5.73 Å². The number of sulfonamides is 1. The summed E-state index contributed by atoms with van der Waals surface area (Å²) in [5.41, 5.74) is 5.63. The standard InChI is InChI=1S/C12H20N4O3S.ClH/c1-2-4-11(13)12(17)15-7-8-16-20(18,19)10-5-3-6-14-9-10;/h3,5-6,9,11,16H,2,4,7-8,13H2,1H3,(H,15,17);1H. The maximum absolute atomic E-state index is 11.8. The third-order valence-electron chi connectivity index (χ3n) is 2.60. The van der Waals surface area contributed by atoms with Crippen LogP contribution in [0.1, 0.15) is 19.8 Å². The van der Waals surface area contributed by atoms with E-state index in [4.69, 9.17) is 5.73 Å². The van der Waals surface area contributed by atoms with Gasteiger partial charge in [0.05, 0.1) is 6.04 Å². The fourth-order valence-corrected chi connectivity index (χ4v) is 2.53. The van der Waals surface area contributed by atoms with Gasteiger partial charge in [-0.25, -0.2) is 13.1 Å². The van der Waals surface area contributed by atoms with E-state index in [2.05, 4.69) is 15.0 Å². The Morgan fingerprint density at radius 2 is 2.14 bits per heavy atom. The van der Waals surface area contributed by atoms with E-state index in [9.17, 15) is 13.2 Å². The van der Waals surface area contributed by atoms with Crippen LogP contribution >= 0.6 is 12.4 Å². The van der Waals surface area contributed by atoms with E-state index in [-0.39, 0.29) is 36.3 Å². The number of halogens is 1. The number of nitrogens with two attached hydrogens (primary N) is 1. The number of carbonyl (C=O) groups excluding carboxylic acids is 1. The van der Waals surface area contributed by atoms with Gasteiger partial charge in [0.25, 0.3) is 0 Å². The lowest BCUT2D eigenvalue weighted by Crippen LogP contribution is -2.43. The average Bonchev–Trinajstić information content (AvgIpc) is 2.44. The summed E-state index contributed by atoms with van der Waals surface area (Å²) in [6, 6.07) is 2.44. The number of rotatable bonds is 8. The number of hydrogen-bond donors (Lipinski definition) is 3. The van der Waals surface area contributed by atoms with Gasteiger partial charge in [0.15, 0.2) is 0 Å². The number of nitrogens with zero attached hydrogens (tertiary/aromatic N) is 1. The zero-order valence-electron chi connectivity index (χ0n) is 11.8. The number of nitrogens with one attached hydrogen (secondary N) is 2. The van der Waals surface area contributed by atoms with Gasteiger partial charge in [0, 0.05) is 25.5 Å². The third kappa shape index (κ3) is 6.85. The van der Waals surface area contributed by atoms with Crippen molar-refractivity contribution in [3.63, 3.8) is 0 Å². The number of pyridine rings is 1. The van der Waals surface area contributed by atoms with Crippen LogP contribution in [0, 0.1) is 0 Å². The first-order chi connectivity index (χ1) is 9.47. The minimum atomic E-state index is -3.58. The van der Waals surface area contributed by atoms with Crippen molar-refractivity contribution in [1.82, 2.24) is 15.0 Å². The minimum absolute atomic E-state index is 0. The van der Waals surface area contributed by atoms with Crippen LogP contribution in [-0.2, 0) is 14.8 Å². The minimum Gasteiger partial charge on any atom is -0.353 e. The zero-order valence-corrected chi connectivity index (χ0v) is 13.4. The summed E-state index contributed by atoms with van der Waals surface area (Å²) in [6.45, 7) is 2.23. The smallest absolute Gasteiger partial charge is 0.242 e. The topological polar surface area (TPSA) is 114 Å². The molecule has 1 aromatic heterocycles. The van der Waals surface area contributed by atoms with Crippen molar-refractivity contribution in [1.29, 1.82) is 0 Å². The molecule has 1 amide bonds. The molecule has 0 aliphatic rings. The van der Waals surface area contributed by atoms with Gasteiger partial charge in [-0.05, 0) is 18.6 Å². The maximum Gasteiger partial charge on any atom is 0.242 e. The molecule has 0 radical (unpaired) electrons. The summed E-state index contributed by atoms with van der Waals surface area (Å²) in [5.74, 6) is -0.271. The van der Waals surface area contributed by atoms with Crippen molar-refractivity contribution in [3.05, 3.63) is 24.5 Å². The van der Waals surface area contributed by atoms with Gasteiger partial charge >= 0.3 is 0 Å². The molecule has 4 N–H and O–H groups in total. The SMILES string of the molecule is CCCC(N)C(=O)NCCNS(=O)(=O)c1cccnc1.Cl. The van der Waals surface area contributed by atoms with Crippen molar-refractivity contribution in [2.75, 3.05) is 13.1 Å². The second kappa shape index (κ2) is 9.67. The first-order valence-corrected chi connectivity index (χ1v) is 7.88. The van der Waals surface area contributed by atoms with Gasteiger partial charge in [-0.3, -0.25) is 9.78 Å². The van der Waals surface area contributed by atoms with E-state index >= 15 is 0 Å². The fourth-order valence-electron chi connectivity index (χ4n) is 1.53. The first kappa shape index (κ1) is 19.8. The van der Waals surface area contributed by atoms with Gasteiger partial charge in [-0.1, -0.05) is 13.3 Å². The van der Waals surface area contributed by atoms with E-state index in [1.165, 1.54) is 18.5 Å². The molecular formula is C12H21ClN4O3S. The van der Waals surface area contributed by atoms with Crippen LogP contribution in [0.5, 0.6) is 0 Å². The Morgan fingerprint density at radius 1 is 1.43 bits per heavy atom. The summed E-state index contributed by atoms with van der Waals surface area (Å²) < 4.78 is 26.0. The number of amides is 1. The molecule has 0 saturated carbocycles. The van der Waals surface area contributed by atoms with Crippen LogP contribution in [0.2, 0.25) is 0 Å². The van der Waals surface area contributed by atoms with Crippen molar-refractivity contribution in [2.45, 2.75) is 30.7 Å². The Morgan fingerprint density at radius 3 is 2.71 bits per heavy atom. The van der Waals surface area contributed by atoms with Gasteiger partial charge in [0.1, 0.15) is 4.90 Å². The van der Waals surface area contributed by atoms with E-state index < -0.39 is 16.1 Å². The van der Waals surface area contributed by atoms with Crippen LogP contribution in [0.3, 0.4) is 0 Å². The summed E-state index contributed by atoms with van der Waals surface area (Å²) >= 11 is 0. The van der Waals surface area contributed by atoms with Crippen LogP contribution in [0.4, 0.5) is 0 Å². The lowest BCUT2D eigenvalue weighted by atomic mass is 10.2. The van der Waals surface area contributed by atoms with Gasteiger partial charge in [-0.2, -0.15) is 0 Å². The molecule has 120 valence electrons. The van der Waals surface area contributed by atoms with Gasteiger partial charge < -0.3 is 11.1 Å². The van der Waals surface area contributed by atoms with E-state index in [1.54, 1.807) is 6.07 Å². The van der Waals surface area contributed by atoms with Crippen LogP contribution in [-0.4, -0.2) is 38.4 Å². The number of carbonyl (C=O) groups is 1. The highest BCUT2D eigenvalue weighted by Gasteiger charge is 2.14. The molecule has 21 heavy (non-hydrogen) atoms. The van der Waals surface area contributed by atoms with E-state index in [1.807, 2.05) is 6.92 Å². The number of aromatic nitrogens is 1. The molecule has 1 unspecified atom stereocenters. The summed E-state index contributed by atoms with van der Waals surface area (Å²) in [7, 11) is -3.58. The van der Waals surface area contributed by atoms with Crippen molar-refractivity contribution >= 4 is 28.3 Å². The number of hydrogen-bond acceptors (Lipinski definition) is 5. The van der Waals surface area contributed by atoms with E-state index in [0.29, 0.717) is 6.42 Å². The van der Waals surface area contributed by atoms with Crippen molar-refractivity contribution < 1.29 is 13.2 Å². The second-order valence-electron chi connectivity index (χ2n) is 4.27. The lowest BCUT2D eigenvalue weighted by Gasteiger charge is -2.11. The molecule has 0 aromatic carbocycles. The Kier molecular flexibility index (Phi) is 9.11.